The average molecular weight is 197 g/mol. The quantitative estimate of drug-likeness (QED) is 0.722. The number of rotatable bonds is 4. The first kappa shape index (κ1) is 10.4. The fourth-order valence-electron chi connectivity index (χ4n) is 3.37. The molecule has 0 amide bonds. The maximum absolute atomic E-state index is 8.85. The van der Waals surface area contributed by atoms with Crippen LogP contribution in [0.3, 0.4) is 0 Å². The molecule has 2 atom stereocenters. The average Bonchev–Trinajstić information content (AvgIpc) is 2.84. The molecule has 82 valence electrons. The number of nitrogens with one attached hydrogen (secondary N) is 1. The lowest BCUT2D eigenvalue weighted by Crippen LogP contribution is -2.30. The molecule has 1 saturated heterocycles. The van der Waals surface area contributed by atoms with E-state index in [0.29, 0.717) is 12.6 Å². The van der Waals surface area contributed by atoms with Crippen LogP contribution in [0.15, 0.2) is 0 Å². The molecule has 0 spiro atoms. The molecule has 1 heterocycles. The van der Waals surface area contributed by atoms with Gasteiger partial charge in [0.15, 0.2) is 0 Å². The molecule has 14 heavy (non-hydrogen) atoms. The topological polar surface area (TPSA) is 32.3 Å². The van der Waals surface area contributed by atoms with E-state index in [1.54, 1.807) is 0 Å². The van der Waals surface area contributed by atoms with Gasteiger partial charge in [-0.25, -0.2) is 0 Å². The highest BCUT2D eigenvalue weighted by atomic mass is 16.2. The van der Waals surface area contributed by atoms with Crippen LogP contribution in [0.5, 0.6) is 0 Å². The van der Waals surface area contributed by atoms with Crippen LogP contribution in [0.2, 0.25) is 0 Å². The third kappa shape index (κ3) is 2.29. The Kier molecular flexibility index (Phi) is 3.82. The normalized spacial score (nSPS) is 34.1. The SMILES string of the molecule is OCCCC1NCCC1C1CCCC1. The molecule has 1 saturated carbocycles. The van der Waals surface area contributed by atoms with Crippen LogP contribution in [0.1, 0.15) is 44.9 Å². The number of aliphatic hydroxyl groups excluding tert-OH is 1. The van der Waals surface area contributed by atoms with Crippen molar-refractivity contribution in [2.24, 2.45) is 11.8 Å². The largest absolute Gasteiger partial charge is 0.396 e. The molecule has 0 radical (unpaired) electrons. The summed E-state index contributed by atoms with van der Waals surface area (Å²) >= 11 is 0. The van der Waals surface area contributed by atoms with Crippen molar-refractivity contribution in [2.45, 2.75) is 51.0 Å². The van der Waals surface area contributed by atoms with Crippen LogP contribution in [0.4, 0.5) is 0 Å². The van der Waals surface area contributed by atoms with Gasteiger partial charge in [-0.15, -0.1) is 0 Å². The lowest BCUT2D eigenvalue weighted by Gasteiger charge is -2.24. The van der Waals surface area contributed by atoms with Gasteiger partial charge in [0, 0.05) is 12.6 Å². The lowest BCUT2D eigenvalue weighted by molar-refractivity contribution is 0.248. The first-order valence-corrected chi connectivity index (χ1v) is 6.26. The summed E-state index contributed by atoms with van der Waals surface area (Å²) in [6.07, 6.45) is 9.35. The Morgan fingerprint density at radius 2 is 1.93 bits per heavy atom. The van der Waals surface area contributed by atoms with Gasteiger partial charge < -0.3 is 10.4 Å². The molecular weight excluding hydrogens is 174 g/mol. The van der Waals surface area contributed by atoms with Crippen molar-refractivity contribution >= 4 is 0 Å². The zero-order chi connectivity index (χ0) is 9.80. The van der Waals surface area contributed by atoms with E-state index in [4.69, 9.17) is 5.11 Å². The highest BCUT2D eigenvalue weighted by Gasteiger charge is 2.33. The van der Waals surface area contributed by atoms with E-state index in [1.807, 2.05) is 0 Å². The van der Waals surface area contributed by atoms with Crippen molar-refractivity contribution in [1.82, 2.24) is 5.32 Å². The second-order valence-electron chi connectivity index (χ2n) is 4.92. The summed E-state index contributed by atoms with van der Waals surface area (Å²) in [6.45, 7) is 1.56. The first-order valence-electron chi connectivity index (χ1n) is 6.26. The highest BCUT2D eigenvalue weighted by molar-refractivity contribution is 4.89. The molecule has 1 aliphatic carbocycles. The van der Waals surface area contributed by atoms with Crippen LogP contribution in [0, 0.1) is 11.8 Å². The van der Waals surface area contributed by atoms with Crippen LogP contribution < -0.4 is 5.32 Å². The molecular formula is C12H23NO. The van der Waals surface area contributed by atoms with E-state index >= 15 is 0 Å². The molecule has 2 fully saturated rings. The summed E-state index contributed by atoms with van der Waals surface area (Å²) in [5, 5.41) is 12.5. The predicted molar refractivity (Wildman–Crippen MR) is 58.2 cm³/mol. The second kappa shape index (κ2) is 5.13. The van der Waals surface area contributed by atoms with Crippen molar-refractivity contribution in [3.63, 3.8) is 0 Å². The smallest absolute Gasteiger partial charge is 0.0431 e. The molecule has 1 aliphatic heterocycles. The Hall–Kier alpha value is -0.0800. The summed E-state index contributed by atoms with van der Waals surface area (Å²) < 4.78 is 0. The van der Waals surface area contributed by atoms with E-state index in [0.717, 1.165) is 18.3 Å². The lowest BCUT2D eigenvalue weighted by atomic mass is 9.83. The Bertz CT molecular complexity index is 166. The Morgan fingerprint density at radius 1 is 1.14 bits per heavy atom. The third-order valence-electron chi connectivity index (χ3n) is 4.08. The van der Waals surface area contributed by atoms with Crippen LogP contribution >= 0.6 is 0 Å². The maximum atomic E-state index is 8.85. The number of aliphatic hydroxyl groups is 1. The Morgan fingerprint density at radius 3 is 2.64 bits per heavy atom. The summed E-state index contributed by atoms with van der Waals surface area (Å²) in [4.78, 5) is 0. The van der Waals surface area contributed by atoms with Gasteiger partial charge in [-0.3, -0.25) is 0 Å². The molecule has 2 rings (SSSR count). The van der Waals surface area contributed by atoms with Gasteiger partial charge in [0.05, 0.1) is 0 Å². The summed E-state index contributed by atoms with van der Waals surface area (Å²) in [5.41, 5.74) is 0. The Labute approximate surface area is 87.1 Å². The fraction of sp³-hybridized carbons (Fsp3) is 1.00. The van der Waals surface area contributed by atoms with Gasteiger partial charge in [0.25, 0.3) is 0 Å². The van der Waals surface area contributed by atoms with E-state index in [-0.39, 0.29) is 0 Å². The van der Waals surface area contributed by atoms with Crippen molar-refractivity contribution in [3.8, 4) is 0 Å². The van der Waals surface area contributed by atoms with E-state index in [1.165, 1.54) is 45.1 Å². The van der Waals surface area contributed by atoms with Crippen molar-refractivity contribution in [3.05, 3.63) is 0 Å². The van der Waals surface area contributed by atoms with Gasteiger partial charge in [-0.2, -0.15) is 0 Å². The van der Waals surface area contributed by atoms with Gasteiger partial charge in [0.1, 0.15) is 0 Å². The summed E-state index contributed by atoms with van der Waals surface area (Å²) in [6, 6.07) is 0.713. The standard InChI is InChI=1S/C12H23NO/c14-9-3-6-12-11(7-8-13-12)10-4-1-2-5-10/h10-14H,1-9H2. The molecule has 2 N–H and O–H groups in total. The highest BCUT2D eigenvalue weighted by Crippen LogP contribution is 2.37. The molecule has 0 aromatic rings. The van der Waals surface area contributed by atoms with Crippen molar-refractivity contribution < 1.29 is 5.11 Å². The van der Waals surface area contributed by atoms with Crippen molar-refractivity contribution in [2.75, 3.05) is 13.2 Å². The third-order valence-corrected chi connectivity index (χ3v) is 4.08. The van der Waals surface area contributed by atoms with Crippen molar-refractivity contribution in [1.29, 1.82) is 0 Å². The monoisotopic (exact) mass is 197 g/mol. The summed E-state index contributed by atoms with van der Waals surface area (Å²) in [7, 11) is 0. The molecule has 2 aliphatic rings. The summed E-state index contributed by atoms with van der Waals surface area (Å²) in [5.74, 6) is 1.91. The van der Waals surface area contributed by atoms with Crippen LogP contribution in [-0.2, 0) is 0 Å². The molecule has 2 nitrogen and oxygen atoms in total. The van der Waals surface area contributed by atoms with Gasteiger partial charge >= 0.3 is 0 Å². The first-order chi connectivity index (χ1) is 6.92. The van der Waals surface area contributed by atoms with Crippen LogP contribution in [0.25, 0.3) is 0 Å². The minimum atomic E-state index is 0.357. The molecule has 2 heteroatoms. The molecule has 2 unspecified atom stereocenters. The zero-order valence-corrected chi connectivity index (χ0v) is 9.04. The van der Waals surface area contributed by atoms with Gasteiger partial charge in [-0.1, -0.05) is 25.7 Å². The van der Waals surface area contributed by atoms with E-state index in [9.17, 15) is 0 Å². The van der Waals surface area contributed by atoms with E-state index in [2.05, 4.69) is 5.32 Å². The maximum Gasteiger partial charge on any atom is 0.0431 e. The molecule has 0 bridgehead atoms. The van der Waals surface area contributed by atoms with Crippen LogP contribution in [-0.4, -0.2) is 24.3 Å². The van der Waals surface area contributed by atoms with E-state index < -0.39 is 0 Å². The minimum Gasteiger partial charge on any atom is -0.396 e. The Balaban J connectivity index is 1.82. The molecule has 0 aromatic heterocycles. The zero-order valence-electron chi connectivity index (χ0n) is 9.04. The predicted octanol–water partition coefficient (Wildman–Crippen LogP) is 1.93. The number of hydrogen-bond acceptors (Lipinski definition) is 2. The molecule has 0 aromatic carbocycles. The number of hydrogen-bond donors (Lipinski definition) is 2. The fourth-order valence-corrected chi connectivity index (χ4v) is 3.37. The second-order valence-corrected chi connectivity index (χ2v) is 4.92. The van der Waals surface area contributed by atoms with Gasteiger partial charge in [-0.05, 0) is 37.6 Å². The van der Waals surface area contributed by atoms with Gasteiger partial charge in [0.2, 0.25) is 0 Å². The minimum absolute atomic E-state index is 0.357.